The number of para-hydroxylation sites is 2. The third-order valence-electron chi connectivity index (χ3n) is 3.91. The molecule has 1 aliphatic heterocycles. The Balaban J connectivity index is 2.07. The van der Waals surface area contributed by atoms with E-state index in [1.165, 1.54) is 0 Å². The maximum absolute atomic E-state index is 12.3. The Morgan fingerprint density at radius 1 is 1.45 bits per heavy atom. The van der Waals surface area contributed by atoms with Gasteiger partial charge in [-0.15, -0.1) is 0 Å². The van der Waals surface area contributed by atoms with Crippen molar-refractivity contribution in [1.29, 1.82) is 0 Å². The number of hydrogen-bond acceptors (Lipinski definition) is 4. The van der Waals surface area contributed by atoms with E-state index in [9.17, 15) is 4.79 Å². The van der Waals surface area contributed by atoms with Gasteiger partial charge in [0.1, 0.15) is 17.2 Å². The second-order valence-corrected chi connectivity index (χ2v) is 5.17. The maximum Gasteiger partial charge on any atom is 0.189 e. The second kappa shape index (κ2) is 4.67. The van der Waals surface area contributed by atoms with Gasteiger partial charge >= 0.3 is 0 Å². The van der Waals surface area contributed by atoms with Gasteiger partial charge < -0.3 is 15.6 Å². The molecule has 1 atom stereocenters. The molecule has 0 saturated carbocycles. The zero-order chi connectivity index (χ0) is 14.3. The lowest BCUT2D eigenvalue weighted by atomic mass is 10.2. The minimum Gasteiger partial charge on any atom is -0.385 e. The van der Waals surface area contributed by atoms with Crippen molar-refractivity contribution in [3.8, 4) is 0 Å². The van der Waals surface area contributed by atoms with Gasteiger partial charge in [0.25, 0.3) is 0 Å². The van der Waals surface area contributed by atoms with Crippen LogP contribution in [0.15, 0.2) is 30.1 Å². The van der Waals surface area contributed by atoms with Gasteiger partial charge in [-0.05, 0) is 25.5 Å². The van der Waals surface area contributed by atoms with E-state index in [4.69, 9.17) is 5.73 Å². The van der Waals surface area contributed by atoms with Gasteiger partial charge in [0.05, 0.1) is 17.6 Å². The SMILES string of the molecule is CC[C@@H](C)N1CC(=O)C(c2nc3ccccc3[nH]2)=C1N. The number of benzene rings is 1. The zero-order valence-electron chi connectivity index (χ0n) is 11.7. The predicted octanol–water partition coefficient (Wildman–Crippen LogP) is 1.87. The summed E-state index contributed by atoms with van der Waals surface area (Å²) in [4.78, 5) is 21.9. The summed E-state index contributed by atoms with van der Waals surface area (Å²) in [5.74, 6) is 1.13. The highest BCUT2D eigenvalue weighted by atomic mass is 16.1. The topological polar surface area (TPSA) is 75.0 Å². The van der Waals surface area contributed by atoms with Gasteiger partial charge in [-0.3, -0.25) is 4.79 Å². The van der Waals surface area contributed by atoms with Gasteiger partial charge in [-0.1, -0.05) is 19.1 Å². The van der Waals surface area contributed by atoms with Crippen molar-refractivity contribution in [3.05, 3.63) is 35.9 Å². The van der Waals surface area contributed by atoms with Crippen LogP contribution in [-0.2, 0) is 4.79 Å². The molecule has 0 fully saturated rings. The molecule has 0 saturated heterocycles. The number of aromatic amines is 1. The van der Waals surface area contributed by atoms with Crippen LogP contribution in [0, 0.1) is 0 Å². The molecule has 1 aromatic carbocycles. The molecule has 0 amide bonds. The maximum atomic E-state index is 12.3. The van der Waals surface area contributed by atoms with E-state index in [2.05, 4.69) is 23.8 Å². The van der Waals surface area contributed by atoms with E-state index in [-0.39, 0.29) is 11.8 Å². The number of hydrogen-bond donors (Lipinski definition) is 2. The van der Waals surface area contributed by atoms with Crippen LogP contribution < -0.4 is 5.73 Å². The Bertz CT molecular complexity index is 668. The fourth-order valence-corrected chi connectivity index (χ4v) is 2.54. The molecule has 2 aromatic rings. The van der Waals surface area contributed by atoms with Gasteiger partial charge in [-0.25, -0.2) is 4.98 Å². The molecule has 2 heterocycles. The lowest BCUT2D eigenvalue weighted by molar-refractivity contribution is -0.113. The monoisotopic (exact) mass is 270 g/mol. The number of Topliss-reactive ketones (excluding diaryl/α,β-unsaturated/α-hetero) is 1. The average Bonchev–Trinajstić information content (AvgIpc) is 2.98. The van der Waals surface area contributed by atoms with Crippen molar-refractivity contribution in [2.24, 2.45) is 5.73 Å². The van der Waals surface area contributed by atoms with Gasteiger partial charge in [0.15, 0.2) is 5.78 Å². The number of nitrogens with zero attached hydrogens (tertiary/aromatic N) is 2. The number of H-pyrrole nitrogens is 1. The molecule has 5 heteroatoms. The molecule has 0 bridgehead atoms. The normalized spacial score (nSPS) is 17.3. The molecule has 5 nitrogen and oxygen atoms in total. The first-order chi connectivity index (χ1) is 9.61. The lowest BCUT2D eigenvalue weighted by Gasteiger charge is -2.25. The number of carbonyl (C=O) groups excluding carboxylic acids is 1. The molecule has 0 unspecified atom stereocenters. The van der Waals surface area contributed by atoms with E-state index in [0.29, 0.717) is 23.8 Å². The van der Waals surface area contributed by atoms with Crippen LogP contribution >= 0.6 is 0 Å². The molecule has 1 aliphatic rings. The summed E-state index contributed by atoms with van der Waals surface area (Å²) in [6.45, 7) is 4.50. The summed E-state index contributed by atoms with van der Waals surface area (Å²) in [6, 6.07) is 7.96. The number of carbonyl (C=O) groups is 1. The molecule has 20 heavy (non-hydrogen) atoms. The molecule has 104 valence electrons. The van der Waals surface area contributed by atoms with Gasteiger partial charge in [0, 0.05) is 6.04 Å². The number of aromatic nitrogens is 2. The third kappa shape index (κ3) is 1.86. The van der Waals surface area contributed by atoms with Crippen molar-refractivity contribution >= 4 is 22.4 Å². The minimum absolute atomic E-state index is 0.0295. The first-order valence-corrected chi connectivity index (χ1v) is 6.86. The van der Waals surface area contributed by atoms with Crippen LogP contribution in [-0.4, -0.2) is 33.2 Å². The van der Waals surface area contributed by atoms with Crippen LogP contribution in [0.1, 0.15) is 26.1 Å². The van der Waals surface area contributed by atoms with E-state index >= 15 is 0 Å². The average molecular weight is 270 g/mol. The quantitative estimate of drug-likeness (QED) is 0.893. The fourth-order valence-electron chi connectivity index (χ4n) is 2.54. The molecule has 0 radical (unpaired) electrons. The van der Waals surface area contributed by atoms with Crippen molar-refractivity contribution < 1.29 is 4.79 Å². The predicted molar refractivity (Wildman–Crippen MR) is 78.7 cm³/mol. The summed E-state index contributed by atoms with van der Waals surface area (Å²) in [6.07, 6.45) is 0.946. The largest absolute Gasteiger partial charge is 0.385 e. The summed E-state index contributed by atoms with van der Waals surface area (Å²) < 4.78 is 0. The summed E-state index contributed by atoms with van der Waals surface area (Å²) in [7, 11) is 0. The molecular weight excluding hydrogens is 252 g/mol. The smallest absolute Gasteiger partial charge is 0.189 e. The van der Waals surface area contributed by atoms with Crippen molar-refractivity contribution in [2.45, 2.75) is 26.3 Å². The fraction of sp³-hybridized carbons (Fsp3) is 0.333. The first-order valence-electron chi connectivity index (χ1n) is 6.86. The Hall–Kier alpha value is -2.30. The molecule has 0 aliphatic carbocycles. The minimum atomic E-state index is 0.0295. The molecule has 0 spiro atoms. The van der Waals surface area contributed by atoms with Crippen LogP contribution in [0.3, 0.4) is 0 Å². The second-order valence-electron chi connectivity index (χ2n) is 5.17. The standard InChI is InChI=1S/C15H18N4O/c1-3-9(2)19-8-12(20)13(14(19)16)15-17-10-6-4-5-7-11(10)18-15/h4-7,9H,3,8,16H2,1-2H3,(H,17,18)/t9-/m1/s1. The number of nitrogens with one attached hydrogen (secondary N) is 1. The van der Waals surface area contributed by atoms with Crippen molar-refractivity contribution in [2.75, 3.05) is 6.54 Å². The van der Waals surface area contributed by atoms with E-state index in [0.717, 1.165) is 17.5 Å². The Morgan fingerprint density at radius 3 is 2.90 bits per heavy atom. The summed E-state index contributed by atoms with van der Waals surface area (Å²) in [5.41, 5.74) is 8.44. The van der Waals surface area contributed by atoms with Crippen molar-refractivity contribution in [1.82, 2.24) is 14.9 Å². The van der Waals surface area contributed by atoms with Gasteiger partial charge in [0.2, 0.25) is 0 Å². The molecular formula is C15H18N4O. The Morgan fingerprint density at radius 2 is 2.20 bits per heavy atom. The highest BCUT2D eigenvalue weighted by Gasteiger charge is 2.32. The van der Waals surface area contributed by atoms with E-state index in [1.54, 1.807) is 0 Å². The Kier molecular flexibility index (Phi) is 2.97. The zero-order valence-corrected chi connectivity index (χ0v) is 11.7. The molecule has 1 aromatic heterocycles. The number of imidazole rings is 1. The number of nitrogens with two attached hydrogens (primary N) is 1. The Labute approximate surface area is 117 Å². The first kappa shape index (κ1) is 12.7. The van der Waals surface area contributed by atoms with E-state index < -0.39 is 0 Å². The highest BCUT2D eigenvalue weighted by Crippen LogP contribution is 2.27. The highest BCUT2D eigenvalue weighted by molar-refractivity contribution is 6.23. The van der Waals surface area contributed by atoms with Crippen LogP contribution in [0.2, 0.25) is 0 Å². The van der Waals surface area contributed by atoms with Crippen molar-refractivity contribution in [3.63, 3.8) is 0 Å². The molecule has 3 N–H and O–H groups in total. The lowest BCUT2D eigenvalue weighted by Crippen LogP contribution is -2.33. The summed E-state index contributed by atoms with van der Waals surface area (Å²) >= 11 is 0. The van der Waals surface area contributed by atoms with Crippen LogP contribution in [0.5, 0.6) is 0 Å². The number of rotatable bonds is 3. The van der Waals surface area contributed by atoms with Crippen LogP contribution in [0.25, 0.3) is 16.6 Å². The molecule has 3 rings (SSSR count). The number of ketones is 1. The van der Waals surface area contributed by atoms with E-state index in [1.807, 2.05) is 29.2 Å². The third-order valence-corrected chi connectivity index (χ3v) is 3.91. The summed E-state index contributed by atoms with van der Waals surface area (Å²) in [5, 5.41) is 0. The van der Waals surface area contributed by atoms with Gasteiger partial charge in [-0.2, -0.15) is 0 Å². The number of fused-ring (bicyclic) bond motifs is 1. The van der Waals surface area contributed by atoms with Crippen LogP contribution in [0.4, 0.5) is 0 Å².